The lowest BCUT2D eigenvalue weighted by Gasteiger charge is -2.52. The van der Waals surface area contributed by atoms with Crippen molar-refractivity contribution in [3.05, 3.63) is 0 Å². The van der Waals surface area contributed by atoms with E-state index in [9.17, 15) is 14.9 Å². The van der Waals surface area contributed by atoms with E-state index in [-0.39, 0.29) is 28.6 Å². The third-order valence-electron chi connectivity index (χ3n) is 8.89. The highest BCUT2D eigenvalue weighted by molar-refractivity contribution is 5.85. The van der Waals surface area contributed by atoms with E-state index in [1.807, 2.05) is 6.92 Å². The molecule has 0 radical (unpaired) electrons. The van der Waals surface area contributed by atoms with E-state index >= 15 is 0 Å². The zero-order chi connectivity index (χ0) is 20.4. The normalized spacial score (nSPS) is 35.1. The Labute approximate surface area is 162 Å². The molecule has 0 aromatic rings. The number of rotatable bonds is 6. The van der Waals surface area contributed by atoms with Gasteiger partial charge in [-0.25, -0.2) is 0 Å². The van der Waals surface area contributed by atoms with E-state index in [0.717, 1.165) is 19.3 Å². The fraction of sp³-hybridized carbons (Fsp3) is 0.864. The Balaban J connectivity index is 1.89. The Kier molecular flexibility index (Phi) is 4.45. The highest BCUT2D eigenvalue weighted by atomic mass is 16.6. The van der Waals surface area contributed by atoms with Crippen molar-refractivity contribution in [1.82, 2.24) is 0 Å². The van der Waals surface area contributed by atoms with Crippen LogP contribution in [0, 0.1) is 44.8 Å². The average molecular weight is 376 g/mol. The SMILES string of the molecule is CCC(C)(C)C(C)(C(=O)OC1C2CC3C1OC(=O)C3(C#N)C2)C(C)(C)CC. The summed E-state index contributed by atoms with van der Waals surface area (Å²) < 4.78 is 11.7. The molecular weight excluding hydrogens is 342 g/mol. The minimum atomic E-state index is -1.01. The van der Waals surface area contributed by atoms with Crippen LogP contribution >= 0.6 is 0 Å². The predicted octanol–water partition coefficient (Wildman–Crippen LogP) is 4.25. The van der Waals surface area contributed by atoms with Crippen LogP contribution in [0.15, 0.2) is 0 Å². The van der Waals surface area contributed by atoms with Gasteiger partial charge in [-0.2, -0.15) is 5.26 Å². The van der Waals surface area contributed by atoms with Gasteiger partial charge in [0.15, 0.2) is 5.41 Å². The van der Waals surface area contributed by atoms with Crippen LogP contribution in [0.2, 0.25) is 0 Å². The summed E-state index contributed by atoms with van der Waals surface area (Å²) >= 11 is 0. The van der Waals surface area contributed by atoms with Crippen molar-refractivity contribution in [2.45, 2.75) is 86.4 Å². The van der Waals surface area contributed by atoms with Gasteiger partial charge in [0, 0.05) is 11.8 Å². The maximum Gasteiger partial charge on any atom is 0.327 e. The van der Waals surface area contributed by atoms with Crippen molar-refractivity contribution >= 4 is 11.9 Å². The first-order valence-electron chi connectivity index (χ1n) is 10.2. The first-order chi connectivity index (χ1) is 12.4. The van der Waals surface area contributed by atoms with Crippen LogP contribution in [0.3, 0.4) is 0 Å². The van der Waals surface area contributed by atoms with Crippen LogP contribution < -0.4 is 0 Å². The zero-order valence-corrected chi connectivity index (χ0v) is 17.7. The highest BCUT2D eigenvalue weighted by Crippen LogP contribution is 2.63. The van der Waals surface area contributed by atoms with Gasteiger partial charge < -0.3 is 9.47 Å². The Hall–Kier alpha value is -1.57. The molecule has 5 heteroatoms. The minimum absolute atomic E-state index is 0.0359. The van der Waals surface area contributed by atoms with Gasteiger partial charge in [-0.15, -0.1) is 0 Å². The summed E-state index contributed by atoms with van der Waals surface area (Å²) in [6.07, 6.45) is 2.01. The Morgan fingerprint density at radius 2 is 1.78 bits per heavy atom. The number of hydrogen-bond acceptors (Lipinski definition) is 5. The van der Waals surface area contributed by atoms with Gasteiger partial charge in [0.25, 0.3) is 0 Å². The van der Waals surface area contributed by atoms with E-state index < -0.39 is 29.0 Å². The van der Waals surface area contributed by atoms with E-state index in [2.05, 4.69) is 47.6 Å². The number of ether oxygens (including phenoxy) is 2. The number of hydrogen-bond donors (Lipinski definition) is 0. The first kappa shape index (κ1) is 20.2. The maximum atomic E-state index is 13.6. The molecule has 0 N–H and O–H groups in total. The number of carbonyl (C=O) groups excluding carboxylic acids is 2. The maximum absolute atomic E-state index is 13.6. The van der Waals surface area contributed by atoms with Gasteiger partial charge in [0.1, 0.15) is 12.2 Å². The summed E-state index contributed by atoms with van der Waals surface area (Å²) in [5, 5.41) is 9.55. The molecule has 3 fully saturated rings. The minimum Gasteiger partial charge on any atom is -0.458 e. The summed E-state index contributed by atoms with van der Waals surface area (Å²) in [7, 11) is 0. The standard InChI is InChI=1S/C22H33NO4/c1-8-19(3,4)21(7,20(5,6)9-2)17(24)26-15-13-10-14-16(15)27-18(25)22(14,11-13)12-23/h13-16H,8-11H2,1-7H3. The lowest BCUT2D eigenvalue weighted by atomic mass is 9.52. The molecule has 27 heavy (non-hydrogen) atoms. The number of nitrogens with zero attached hydrogens (tertiary/aromatic N) is 1. The van der Waals surface area contributed by atoms with Crippen molar-refractivity contribution < 1.29 is 19.1 Å². The second kappa shape index (κ2) is 5.96. The molecule has 0 spiro atoms. The van der Waals surface area contributed by atoms with Gasteiger partial charge in [0.2, 0.25) is 0 Å². The van der Waals surface area contributed by atoms with Gasteiger partial charge in [0.05, 0.1) is 11.5 Å². The van der Waals surface area contributed by atoms with Crippen molar-refractivity contribution in [1.29, 1.82) is 5.26 Å². The summed E-state index contributed by atoms with van der Waals surface area (Å²) in [6, 6.07) is 2.21. The van der Waals surface area contributed by atoms with Crippen LogP contribution in [0.1, 0.15) is 74.1 Å². The van der Waals surface area contributed by atoms with Gasteiger partial charge in [-0.3, -0.25) is 9.59 Å². The molecule has 3 aliphatic rings. The smallest absolute Gasteiger partial charge is 0.327 e. The second-order valence-electron chi connectivity index (χ2n) is 10.2. The van der Waals surface area contributed by atoms with E-state index in [1.165, 1.54) is 0 Å². The lowest BCUT2D eigenvalue weighted by Crippen LogP contribution is -2.54. The predicted molar refractivity (Wildman–Crippen MR) is 100 cm³/mol. The molecule has 5 nitrogen and oxygen atoms in total. The number of carbonyl (C=O) groups is 2. The number of nitriles is 1. The molecule has 2 saturated carbocycles. The van der Waals surface area contributed by atoms with Crippen LogP contribution in [-0.4, -0.2) is 24.1 Å². The molecule has 5 atom stereocenters. The molecule has 5 unspecified atom stereocenters. The van der Waals surface area contributed by atoms with Gasteiger partial charge in [-0.05, 0) is 43.4 Å². The number of fused-ring (bicyclic) bond motifs is 1. The summed E-state index contributed by atoms with van der Waals surface area (Å²) in [6.45, 7) is 14.7. The van der Waals surface area contributed by atoms with Gasteiger partial charge >= 0.3 is 11.9 Å². The van der Waals surface area contributed by atoms with E-state index in [0.29, 0.717) is 6.42 Å². The number of esters is 2. The van der Waals surface area contributed by atoms with Crippen molar-refractivity contribution in [3.8, 4) is 6.07 Å². The molecule has 0 aromatic heterocycles. The van der Waals surface area contributed by atoms with Crippen LogP contribution in [0.4, 0.5) is 0 Å². The quantitative estimate of drug-likeness (QED) is 0.649. The molecule has 0 amide bonds. The highest BCUT2D eigenvalue weighted by Gasteiger charge is 2.72. The largest absolute Gasteiger partial charge is 0.458 e. The van der Waals surface area contributed by atoms with Crippen LogP contribution in [0.25, 0.3) is 0 Å². The molecule has 2 bridgehead atoms. The Morgan fingerprint density at radius 1 is 1.22 bits per heavy atom. The molecule has 150 valence electrons. The first-order valence-corrected chi connectivity index (χ1v) is 10.2. The molecule has 1 heterocycles. The van der Waals surface area contributed by atoms with Crippen molar-refractivity contribution in [3.63, 3.8) is 0 Å². The fourth-order valence-electron chi connectivity index (χ4n) is 5.70. The third kappa shape index (κ3) is 2.34. The Bertz CT molecular complexity index is 688. The van der Waals surface area contributed by atoms with Crippen molar-refractivity contribution in [2.75, 3.05) is 0 Å². The van der Waals surface area contributed by atoms with Crippen LogP contribution in [0.5, 0.6) is 0 Å². The zero-order valence-electron chi connectivity index (χ0n) is 17.7. The molecule has 2 aliphatic carbocycles. The Morgan fingerprint density at radius 3 is 2.26 bits per heavy atom. The average Bonchev–Trinajstić information content (AvgIpc) is 3.22. The summed E-state index contributed by atoms with van der Waals surface area (Å²) in [4.78, 5) is 25.9. The topological polar surface area (TPSA) is 76.4 Å². The van der Waals surface area contributed by atoms with Gasteiger partial charge in [-0.1, -0.05) is 41.5 Å². The molecule has 0 aromatic carbocycles. The molecule has 1 saturated heterocycles. The molecule has 1 aliphatic heterocycles. The monoisotopic (exact) mass is 375 g/mol. The van der Waals surface area contributed by atoms with E-state index in [1.54, 1.807) is 0 Å². The summed E-state index contributed by atoms with van der Waals surface area (Å²) in [5.74, 6) is -0.730. The summed E-state index contributed by atoms with van der Waals surface area (Å²) in [5.41, 5.74) is -2.18. The fourth-order valence-corrected chi connectivity index (χ4v) is 5.70. The lowest BCUT2D eigenvalue weighted by molar-refractivity contribution is -0.190. The third-order valence-corrected chi connectivity index (χ3v) is 8.89. The van der Waals surface area contributed by atoms with E-state index in [4.69, 9.17) is 9.47 Å². The van der Waals surface area contributed by atoms with Crippen molar-refractivity contribution in [2.24, 2.45) is 33.5 Å². The molecule has 3 rings (SSSR count). The van der Waals surface area contributed by atoms with Crippen LogP contribution in [-0.2, 0) is 19.1 Å². The molecular formula is C22H33NO4. The second-order valence-corrected chi connectivity index (χ2v) is 10.2.